The molecule has 3 nitrogen and oxygen atoms in total. The zero-order chi connectivity index (χ0) is 17.2. The van der Waals surface area contributed by atoms with Gasteiger partial charge in [0, 0.05) is 0 Å². The van der Waals surface area contributed by atoms with Crippen LogP contribution < -0.4 is 4.74 Å². The minimum atomic E-state index is -4.72. The number of esters is 1. The molecule has 0 aliphatic carbocycles. The highest BCUT2D eigenvalue weighted by atomic mass is 35.5. The van der Waals surface area contributed by atoms with E-state index >= 15 is 0 Å². The fraction of sp³-hybridized carbons (Fsp3) is 0.133. The summed E-state index contributed by atoms with van der Waals surface area (Å²) in [5, 5.41) is -1.19. The Morgan fingerprint density at radius 2 is 1.83 bits per heavy atom. The predicted molar refractivity (Wildman–Crippen MR) is 79.3 cm³/mol. The number of methoxy groups -OCH3 is 1. The lowest BCUT2D eigenvalue weighted by atomic mass is 10.2. The monoisotopic (exact) mass is 364 g/mol. The van der Waals surface area contributed by atoms with Gasteiger partial charge in [-0.1, -0.05) is 29.3 Å². The largest absolute Gasteiger partial charge is 0.465 e. The molecule has 0 atom stereocenters. The number of hydrogen-bond donors (Lipinski definition) is 0. The summed E-state index contributed by atoms with van der Waals surface area (Å²) in [5.74, 6) is -0.704. The molecule has 2 rings (SSSR count). The first-order valence-electron chi connectivity index (χ1n) is 6.15. The number of ether oxygens (including phenoxy) is 2. The third-order valence-corrected chi connectivity index (χ3v) is 3.51. The standard InChI is InChI=1S/C15H9Cl2F3O3/c1-22-14(21)8-3-2-4-9(7-8)23-11-6-5-10(16)12(13(11)17)15(18,19)20/h2-7H,1H3. The molecule has 2 aromatic rings. The van der Waals surface area contributed by atoms with E-state index in [1.54, 1.807) is 0 Å². The van der Waals surface area contributed by atoms with E-state index in [4.69, 9.17) is 27.9 Å². The Labute approximate surface area is 139 Å². The van der Waals surface area contributed by atoms with Crippen molar-refractivity contribution in [2.75, 3.05) is 7.11 Å². The number of hydrogen-bond acceptors (Lipinski definition) is 3. The third-order valence-electron chi connectivity index (χ3n) is 2.82. The van der Waals surface area contributed by atoms with Crippen LogP contribution in [-0.4, -0.2) is 13.1 Å². The van der Waals surface area contributed by atoms with Crippen LogP contribution in [0.3, 0.4) is 0 Å². The molecule has 0 unspecified atom stereocenters. The van der Waals surface area contributed by atoms with E-state index in [0.717, 1.165) is 6.07 Å². The third kappa shape index (κ3) is 3.89. The van der Waals surface area contributed by atoms with E-state index in [1.807, 2.05) is 0 Å². The van der Waals surface area contributed by atoms with Gasteiger partial charge in [-0.3, -0.25) is 0 Å². The summed E-state index contributed by atoms with van der Waals surface area (Å²) in [6.45, 7) is 0. The second-order valence-corrected chi connectivity index (χ2v) is 5.14. The molecule has 0 aliphatic rings. The van der Waals surface area contributed by atoms with Gasteiger partial charge in [0.1, 0.15) is 11.5 Å². The molecule has 0 amide bonds. The summed E-state index contributed by atoms with van der Waals surface area (Å²) >= 11 is 11.3. The molecule has 23 heavy (non-hydrogen) atoms. The van der Waals surface area contributed by atoms with Gasteiger partial charge in [-0.25, -0.2) is 4.79 Å². The number of rotatable bonds is 3. The van der Waals surface area contributed by atoms with Crippen LogP contribution in [0.15, 0.2) is 36.4 Å². The first-order chi connectivity index (χ1) is 10.7. The van der Waals surface area contributed by atoms with Gasteiger partial charge >= 0.3 is 12.1 Å². The molecule has 0 saturated heterocycles. The van der Waals surface area contributed by atoms with Crippen LogP contribution in [-0.2, 0) is 10.9 Å². The molecule has 2 aromatic carbocycles. The van der Waals surface area contributed by atoms with Crippen molar-refractivity contribution in [1.29, 1.82) is 0 Å². The zero-order valence-corrected chi connectivity index (χ0v) is 13.1. The lowest BCUT2D eigenvalue weighted by Crippen LogP contribution is -2.07. The van der Waals surface area contributed by atoms with E-state index < -0.39 is 27.8 Å². The van der Waals surface area contributed by atoms with Gasteiger partial charge < -0.3 is 9.47 Å². The van der Waals surface area contributed by atoms with E-state index in [0.29, 0.717) is 0 Å². The van der Waals surface area contributed by atoms with E-state index in [-0.39, 0.29) is 17.1 Å². The second-order valence-electron chi connectivity index (χ2n) is 4.35. The van der Waals surface area contributed by atoms with Crippen molar-refractivity contribution in [1.82, 2.24) is 0 Å². The van der Waals surface area contributed by atoms with Crippen molar-refractivity contribution < 1.29 is 27.4 Å². The lowest BCUT2D eigenvalue weighted by Gasteiger charge is -2.15. The summed E-state index contributed by atoms with van der Waals surface area (Å²) in [6.07, 6.45) is -4.72. The summed E-state index contributed by atoms with van der Waals surface area (Å²) in [7, 11) is 1.21. The molecule has 122 valence electrons. The van der Waals surface area contributed by atoms with E-state index in [1.165, 1.54) is 37.4 Å². The van der Waals surface area contributed by atoms with Gasteiger partial charge in [0.15, 0.2) is 0 Å². The van der Waals surface area contributed by atoms with Gasteiger partial charge in [0.25, 0.3) is 0 Å². The summed E-state index contributed by atoms with van der Waals surface area (Å²) in [5.41, 5.74) is -0.992. The number of benzene rings is 2. The van der Waals surface area contributed by atoms with Gasteiger partial charge in [0.2, 0.25) is 0 Å². The molecule has 0 bridgehead atoms. The van der Waals surface area contributed by atoms with Crippen molar-refractivity contribution in [2.45, 2.75) is 6.18 Å². The van der Waals surface area contributed by atoms with Crippen molar-refractivity contribution in [3.05, 3.63) is 57.6 Å². The Kier molecular flexibility index (Phi) is 5.06. The Morgan fingerprint density at radius 3 is 2.43 bits per heavy atom. The molecule has 0 spiro atoms. The van der Waals surface area contributed by atoms with Crippen LogP contribution in [0.25, 0.3) is 0 Å². The average Bonchev–Trinajstić information content (AvgIpc) is 2.48. The predicted octanol–water partition coefficient (Wildman–Crippen LogP) is 5.59. The number of carbonyl (C=O) groups excluding carboxylic acids is 1. The van der Waals surface area contributed by atoms with Gasteiger partial charge in [-0.05, 0) is 30.3 Å². The highest BCUT2D eigenvalue weighted by Gasteiger charge is 2.37. The van der Waals surface area contributed by atoms with Gasteiger partial charge in [-0.2, -0.15) is 13.2 Å². The molecule has 0 fully saturated rings. The lowest BCUT2D eigenvalue weighted by molar-refractivity contribution is -0.137. The van der Waals surface area contributed by atoms with Crippen LogP contribution >= 0.6 is 23.2 Å². The quantitative estimate of drug-likeness (QED) is 0.665. The molecule has 0 saturated carbocycles. The second kappa shape index (κ2) is 6.68. The zero-order valence-electron chi connectivity index (χ0n) is 11.6. The molecule has 0 radical (unpaired) electrons. The highest BCUT2D eigenvalue weighted by Crippen LogP contribution is 2.44. The van der Waals surface area contributed by atoms with Crippen LogP contribution in [0.1, 0.15) is 15.9 Å². The van der Waals surface area contributed by atoms with Gasteiger partial charge in [0.05, 0.1) is 28.3 Å². The van der Waals surface area contributed by atoms with Gasteiger partial charge in [-0.15, -0.1) is 0 Å². The maximum absolute atomic E-state index is 13.0. The van der Waals surface area contributed by atoms with E-state index in [2.05, 4.69) is 4.74 Å². The van der Waals surface area contributed by atoms with Crippen molar-refractivity contribution in [3.63, 3.8) is 0 Å². The first kappa shape index (κ1) is 17.4. The summed E-state index contributed by atoms with van der Waals surface area (Å²) in [4.78, 5) is 11.4. The molecule has 0 aliphatic heterocycles. The minimum Gasteiger partial charge on any atom is -0.465 e. The van der Waals surface area contributed by atoms with E-state index in [9.17, 15) is 18.0 Å². The Balaban J connectivity index is 2.40. The fourth-order valence-corrected chi connectivity index (χ4v) is 2.43. The summed E-state index contributed by atoms with van der Waals surface area (Å²) in [6, 6.07) is 8.01. The molecular formula is C15H9Cl2F3O3. The SMILES string of the molecule is COC(=O)c1cccc(Oc2ccc(Cl)c(C(F)(F)F)c2Cl)c1. The van der Waals surface area contributed by atoms with Crippen LogP contribution in [0.2, 0.25) is 10.0 Å². The fourth-order valence-electron chi connectivity index (χ4n) is 1.80. The normalized spacial score (nSPS) is 11.2. The number of carbonyl (C=O) groups is 1. The average molecular weight is 365 g/mol. The minimum absolute atomic E-state index is 0.130. The number of halogens is 5. The van der Waals surface area contributed by atoms with Crippen LogP contribution in [0, 0.1) is 0 Å². The Hall–Kier alpha value is -1.92. The number of alkyl halides is 3. The van der Waals surface area contributed by atoms with Crippen molar-refractivity contribution in [2.24, 2.45) is 0 Å². The molecular weight excluding hydrogens is 356 g/mol. The highest BCUT2D eigenvalue weighted by molar-refractivity contribution is 6.37. The topological polar surface area (TPSA) is 35.5 Å². The van der Waals surface area contributed by atoms with Crippen molar-refractivity contribution >= 4 is 29.2 Å². The molecule has 0 heterocycles. The molecule has 0 N–H and O–H groups in total. The maximum Gasteiger partial charge on any atom is 0.419 e. The van der Waals surface area contributed by atoms with Crippen LogP contribution in [0.4, 0.5) is 13.2 Å². The molecule has 0 aromatic heterocycles. The van der Waals surface area contributed by atoms with Crippen molar-refractivity contribution in [3.8, 4) is 11.5 Å². The summed E-state index contributed by atoms with van der Waals surface area (Å²) < 4.78 is 48.8. The first-order valence-corrected chi connectivity index (χ1v) is 6.91. The Morgan fingerprint density at radius 1 is 1.13 bits per heavy atom. The molecule has 8 heteroatoms. The van der Waals surface area contributed by atoms with Crippen LogP contribution in [0.5, 0.6) is 11.5 Å². The smallest absolute Gasteiger partial charge is 0.419 e. The maximum atomic E-state index is 13.0. The Bertz CT molecular complexity index is 745.